The van der Waals surface area contributed by atoms with Crippen molar-refractivity contribution in [3.63, 3.8) is 0 Å². The topological polar surface area (TPSA) is 41.1 Å². The summed E-state index contributed by atoms with van der Waals surface area (Å²) >= 11 is 0. The second-order valence-electron chi connectivity index (χ2n) is 5.08. The normalized spacial score (nSPS) is 17.9. The standard InChI is InChI=1S/C12H24N2O/c1-9(2)8-10(3)14-12(15)6-7-13-11-4-5-11/h9-11,13H,4-8H2,1-3H3,(H,14,15). The minimum absolute atomic E-state index is 0.177. The van der Waals surface area contributed by atoms with Crippen LogP contribution in [0.1, 0.15) is 46.5 Å². The Morgan fingerprint density at radius 3 is 2.53 bits per heavy atom. The van der Waals surface area contributed by atoms with Crippen molar-refractivity contribution in [2.24, 2.45) is 5.92 Å². The second kappa shape index (κ2) is 6.11. The van der Waals surface area contributed by atoms with Crippen molar-refractivity contribution in [1.82, 2.24) is 10.6 Å². The Hall–Kier alpha value is -0.570. The summed E-state index contributed by atoms with van der Waals surface area (Å²) < 4.78 is 0. The fourth-order valence-corrected chi connectivity index (χ4v) is 1.79. The van der Waals surface area contributed by atoms with E-state index in [0.717, 1.165) is 13.0 Å². The fourth-order valence-electron chi connectivity index (χ4n) is 1.79. The van der Waals surface area contributed by atoms with Gasteiger partial charge in [0.2, 0.25) is 5.91 Å². The molecule has 0 aromatic heterocycles. The van der Waals surface area contributed by atoms with Crippen LogP contribution in [0.25, 0.3) is 0 Å². The van der Waals surface area contributed by atoms with Gasteiger partial charge in [0, 0.05) is 25.0 Å². The molecular weight excluding hydrogens is 188 g/mol. The molecule has 0 heterocycles. The van der Waals surface area contributed by atoms with Gasteiger partial charge >= 0.3 is 0 Å². The van der Waals surface area contributed by atoms with Gasteiger partial charge in [-0.25, -0.2) is 0 Å². The van der Waals surface area contributed by atoms with E-state index in [2.05, 4.69) is 31.4 Å². The molecule has 0 radical (unpaired) electrons. The lowest BCUT2D eigenvalue weighted by molar-refractivity contribution is -0.121. The molecule has 1 atom stereocenters. The number of carbonyl (C=O) groups is 1. The van der Waals surface area contributed by atoms with Crippen LogP contribution in [-0.2, 0) is 4.79 Å². The molecule has 1 unspecified atom stereocenters. The molecule has 0 spiro atoms. The molecule has 2 N–H and O–H groups in total. The van der Waals surface area contributed by atoms with Crippen LogP contribution in [0, 0.1) is 5.92 Å². The van der Waals surface area contributed by atoms with E-state index in [-0.39, 0.29) is 5.91 Å². The highest BCUT2D eigenvalue weighted by Crippen LogP contribution is 2.18. The van der Waals surface area contributed by atoms with Crippen LogP contribution in [0.3, 0.4) is 0 Å². The van der Waals surface area contributed by atoms with Crippen molar-refractivity contribution in [3.05, 3.63) is 0 Å². The van der Waals surface area contributed by atoms with Gasteiger partial charge in [-0.2, -0.15) is 0 Å². The van der Waals surface area contributed by atoms with Crippen LogP contribution in [0.2, 0.25) is 0 Å². The van der Waals surface area contributed by atoms with Crippen molar-refractivity contribution < 1.29 is 4.79 Å². The van der Waals surface area contributed by atoms with Crippen molar-refractivity contribution in [1.29, 1.82) is 0 Å². The molecule has 3 heteroatoms. The molecule has 0 saturated heterocycles. The third-order valence-electron chi connectivity index (χ3n) is 2.59. The van der Waals surface area contributed by atoms with E-state index in [1.54, 1.807) is 0 Å². The number of hydrogen-bond acceptors (Lipinski definition) is 2. The van der Waals surface area contributed by atoms with E-state index >= 15 is 0 Å². The van der Waals surface area contributed by atoms with E-state index in [1.807, 2.05) is 0 Å². The predicted molar refractivity (Wildman–Crippen MR) is 62.7 cm³/mol. The molecule has 0 aromatic carbocycles. The zero-order valence-corrected chi connectivity index (χ0v) is 10.2. The third-order valence-corrected chi connectivity index (χ3v) is 2.59. The van der Waals surface area contributed by atoms with Crippen molar-refractivity contribution in [2.45, 2.75) is 58.5 Å². The third kappa shape index (κ3) is 6.50. The molecule has 88 valence electrons. The predicted octanol–water partition coefficient (Wildman–Crippen LogP) is 1.68. The highest BCUT2D eigenvalue weighted by molar-refractivity contribution is 5.76. The van der Waals surface area contributed by atoms with Crippen LogP contribution >= 0.6 is 0 Å². The van der Waals surface area contributed by atoms with Crippen molar-refractivity contribution in [3.8, 4) is 0 Å². The lowest BCUT2D eigenvalue weighted by atomic mass is 10.1. The molecule has 1 rings (SSSR count). The van der Waals surface area contributed by atoms with Gasteiger partial charge in [0.05, 0.1) is 0 Å². The molecule has 0 aromatic rings. The highest BCUT2D eigenvalue weighted by Gasteiger charge is 2.20. The summed E-state index contributed by atoms with van der Waals surface area (Å²) in [5.74, 6) is 0.821. The molecule has 0 aliphatic heterocycles. The van der Waals surface area contributed by atoms with Crippen LogP contribution in [0.5, 0.6) is 0 Å². The maximum atomic E-state index is 11.5. The number of rotatable bonds is 7. The van der Waals surface area contributed by atoms with Crippen LogP contribution in [0.4, 0.5) is 0 Å². The molecule has 1 saturated carbocycles. The smallest absolute Gasteiger partial charge is 0.221 e. The summed E-state index contributed by atoms with van der Waals surface area (Å²) in [5, 5.41) is 6.37. The largest absolute Gasteiger partial charge is 0.354 e. The lowest BCUT2D eigenvalue weighted by Crippen LogP contribution is -2.35. The van der Waals surface area contributed by atoms with Gasteiger partial charge < -0.3 is 10.6 Å². The van der Waals surface area contributed by atoms with Gasteiger partial charge in [0.1, 0.15) is 0 Å². The van der Waals surface area contributed by atoms with E-state index in [1.165, 1.54) is 12.8 Å². The highest BCUT2D eigenvalue weighted by atomic mass is 16.1. The molecule has 15 heavy (non-hydrogen) atoms. The van der Waals surface area contributed by atoms with Gasteiger partial charge in [0.25, 0.3) is 0 Å². The van der Waals surface area contributed by atoms with Gasteiger partial charge in [0.15, 0.2) is 0 Å². The SMILES string of the molecule is CC(C)CC(C)NC(=O)CCNC1CC1. The first-order valence-corrected chi connectivity index (χ1v) is 6.10. The Balaban J connectivity index is 2.00. The number of carbonyl (C=O) groups excluding carboxylic acids is 1. The molecule has 1 aliphatic carbocycles. The fraction of sp³-hybridized carbons (Fsp3) is 0.917. The molecule has 0 bridgehead atoms. The summed E-state index contributed by atoms with van der Waals surface area (Å²) in [6.45, 7) is 7.26. The zero-order chi connectivity index (χ0) is 11.3. The molecule has 1 fully saturated rings. The van der Waals surface area contributed by atoms with E-state index in [9.17, 15) is 4.79 Å². The summed E-state index contributed by atoms with van der Waals surface area (Å²) in [6, 6.07) is 1.00. The number of nitrogens with one attached hydrogen (secondary N) is 2. The summed E-state index contributed by atoms with van der Waals surface area (Å²) in [4.78, 5) is 11.5. The quantitative estimate of drug-likeness (QED) is 0.674. The minimum Gasteiger partial charge on any atom is -0.354 e. The first kappa shape index (κ1) is 12.5. The van der Waals surface area contributed by atoms with Gasteiger partial charge in [-0.15, -0.1) is 0 Å². The molecule has 1 amide bonds. The van der Waals surface area contributed by atoms with Gasteiger partial charge in [-0.05, 0) is 32.1 Å². The van der Waals surface area contributed by atoms with Crippen LogP contribution < -0.4 is 10.6 Å². The molecule has 1 aliphatic rings. The molecule has 3 nitrogen and oxygen atoms in total. The zero-order valence-electron chi connectivity index (χ0n) is 10.2. The van der Waals surface area contributed by atoms with E-state index < -0.39 is 0 Å². The van der Waals surface area contributed by atoms with Gasteiger partial charge in [-0.3, -0.25) is 4.79 Å². The molecular formula is C12H24N2O. The Bertz CT molecular complexity index is 200. The first-order valence-electron chi connectivity index (χ1n) is 6.10. The maximum absolute atomic E-state index is 11.5. The Labute approximate surface area is 93.0 Å². The maximum Gasteiger partial charge on any atom is 0.221 e. The Morgan fingerprint density at radius 1 is 1.33 bits per heavy atom. The lowest BCUT2D eigenvalue weighted by Gasteiger charge is -2.15. The summed E-state index contributed by atoms with van der Waals surface area (Å²) in [6.07, 6.45) is 4.23. The van der Waals surface area contributed by atoms with Crippen LogP contribution in [-0.4, -0.2) is 24.5 Å². The van der Waals surface area contributed by atoms with Crippen molar-refractivity contribution >= 4 is 5.91 Å². The van der Waals surface area contributed by atoms with E-state index in [0.29, 0.717) is 24.4 Å². The minimum atomic E-state index is 0.177. The van der Waals surface area contributed by atoms with E-state index in [4.69, 9.17) is 0 Å². The van der Waals surface area contributed by atoms with Crippen molar-refractivity contribution in [2.75, 3.05) is 6.54 Å². The summed E-state index contributed by atoms with van der Waals surface area (Å²) in [7, 11) is 0. The first-order chi connectivity index (χ1) is 7.08. The Morgan fingerprint density at radius 2 is 2.00 bits per heavy atom. The number of amides is 1. The monoisotopic (exact) mass is 212 g/mol. The van der Waals surface area contributed by atoms with Crippen LogP contribution in [0.15, 0.2) is 0 Å². The average molecular weight is 212 g/mol. The Kier molecular flexibility index (Phi) is 5.09. The van der Waals surface area contributed by atoms with Gasteiger partial charge in [-0.1, -0.05) is 13.8 Å². The average Bonchev–Trinajstić information content (AvgIpc) is 2.85. The second-order valence-corrected chi connectivity index (χ2v) is 5.08. The summed E-state index contributed by atoms with van der Waals surface area (Å²) in [5.41, 5.74) is 0. The number of hydrogen-bond donors (Lipinski definition) is 2.